The lowest BCUT2D eigenvalue weighted by atomic mass is 10.1. The average molecular weight is 297 g/mol. The van der Waals surface area contributed by atoms with Crippen molar-refractivity contribution in [3.63, 3.8) is 0 Å². The highest BCUT2D eigenvalue weighted by Crippen LogP contribution is 2.21. The van der Waals surface area contributed by atoms with E-state index in [2.05, 4.69) is 5.32 Å². The number of carbonyl (C=O) groups excluding carboxylic acids is 1. The molecule has 2 rings (SSSR count). The first-order valence-electron chi connectivity index (χ1n) is 6.03. The lowest BCUT2D eigenvalue weighted by molar-refractivity contribution is 0.0935. The maximum Gasteiger partial charge on any atom is 0.257 e. The van der Waals surface area contributed by atoms with Crippen molar-refractivity contribution in [1.82, 2.24) is 5.32 Å². The zero-order valence-electron chi connectivity index (χ0n) is 10.5. The summed E-state index contributed by atoms with van der Waals surface area (Å²) in [4.78, 5) is 12.5. The molecule has 0 radical (unpaired) electrons. The van der Waals surface area contributed by atoms with Crippen LogP contribution in [-0.2, 0) is 0 Å². The van der Waals surface area contributed by atoms with E-state index in [-0.39, 0.29) is 13.0 Å². The summed E-state index contributed by atoms with van der Waals surface area (Å²) in [6.45, 7) is 0.131. The van der Waals surface area contributed by atoms with Crippen molar-refractivity contribution >= 4 is 17.2 Å². The van der Waals surface area contributed by atoms with Crippen LogP contribution in [0.5, 0.6) is 0 Å². The van der Waals surface area contributed by atoms with Gasteiger partial charge in [-0.05, 0) is 30.0 Å². The molecule has 2 N–H and O–H groups in total. The van der Waals surface area contributed by atoms with Gasteiger partial charge in [0.25, 0.3) is 5.91 Å². The molecule has 20 heavy (non-hydrogen) atoms. The number of amides is 1. The minimum atomic E-state index is -0.902. The molecule has 0 fully saturated rings. The van der Waals surface area contributed by atoms with Gasteiger partial charge < -0.3 is 10.4 Å². The van der Waals surface area contributed by atoms with Gasteiger partial charge in [0.2, 0.25) is 0 Å². The number of hydrogen-bond donors (Lipinski definition) is 2. The summed E-state index contributed by atoms with van der Waals surface area (Å²) in [6, 6.07) is 6.85. The number of benzene rings is 1. The monoisotopic (exact) mass is 297 g/mol. The van der Waals surface area contributed by atoms with Crippen LogP contribution in [0.1, 0.15) is 27.8 Å². The van der Waals surface area contributed by atoms with Crippen molar-refractivity contribution < 1.29 is 18.7 Å². The third-order valence-electron chi connectivity index (χ3n) is 2.76. The van der Waals surface area contributed by atoms with Gasteiger partial charge in [-0.3, -0.25) is 4.79 Å². The van der Waals surface area contributed by atoms with Crippen LogP contribution in [0, 0.1) is 11.6 Å². The number of thiophene rings is 1. The molecule has 0 saturated heterocycles. The highest BCUT2D eigenvalue weighted by Gasteiger charge is 2.17. The molecule has 2 aromatic rings. The maximum absolute atomic E-state index is 13.4. The summed E-state index contributed by atoms with van der Waals surface area (Å²) in [5.74, 6) is -2.62. The van der Waals surface area contributed by atoms with Crippen molar-refractivity contribution in [1.29, 1.82) is 0 Å². The molecule has 6 heteroatoms. The Morgan fingerprint density at radius 2 is 1.95 bits per heavy atom. The first-order chi connectivity index (χ1) is 9.59. The summed E-state index contributed by atoms with van der Waals surface area (Å²) in [5, 5.41) is 14.1. The van der Waals surface area contributed by atoms with E-state index in [0.717, 1.165) is 17.0 Å². The Labute approximate surface area is 118 Å². The molecule has 106 valence electrons. The number of aliphatic hydroxyl groups excluding tert-OH is 1. The molecule has 0 spiro atoms. The zero-order chi connectivity index (χ0) is 14.5. The van der Waals surface area contributed by atoms with E-state index >= 15 is 0 Å². The van der Waals surface area contributed by atoms with E-state index in [1.165, 1.54) is 17.4 Å². The molecule has 1 atom stereocenters. The van der Waals surface area contributed by atoms with Crippen LogP contribution in [-0.4, -0.2) is 17.6 Å². The van der Waals surface area contributed by atoms with E-state index in [4.69, 9.17) is 0 Å². The van der Waals surface area contributed by atoms with Gasteiger partial charge in [0.05, 0.1) is 6.10 Å². The fourth-order valence-corrected chi connectivity index (χ4v) is 2.50. The van der Waals surface area contributed by atoms with Crippen molar-refractivity contribution in [3.8, 4) is 0 Å². The highest BCUT2D eigenvalue weighted by atomic mass is 32.1. The van der Waals surface area contributed by atoms with Crippen molar-refractivity contribution in [3.05, 3.63) is 57.8 Å². The second-order valence-corrected chi connectivity index (χ2v) is 5.15. The summed E-state index contributed by atoms with van der Waals surface area (Å²) in [7, 11) is 0. The summed E-state index contributed by atoms with van der Waals surface area (Å²) in [5.41, 5.74) is -0.599. The standard InChI is InChI=1S/C14H13F2NO2S/c15-9-3-1-4-10(16)13(9)14(19)17-7-6-11(18)12-5-2-8-20-12/h1-5,8,11,18H,6-7H2,(H,17,19). The minimum Gasteiger partial charge on any atom is -0.388 e. The average Bonchev–Trinajstić information content (AvgIpc) is 2.92. The Balaban J connectivity index is 1.90. The van der Waals surface area contributed by atoms with E-state index < -0.39 is 29.2 Å². The fraction of sp³-hybridized carbons (Fsp3) is 0.214. The van der Waals surface area contributed by atoms with E-state index in [1.54, 1.807) is 6.07 Å². The van der Waals surface area contributed by atoms with Crippen LogP contribution >= 0.6 is 11.3 Å². The molecule has 1 aromatic carbocycles. The Morgan fingerprint density at radius 3 is 2.55 bits per heavy atom. The van der Waals surface area contributed by atoms with Crippen LogP contribution in [0.2, 0.25) is 0 Å². The minimum absolute atomic E-state index is 0.131. The maximum atomic E-state index is 13.4. The van der Waals surface area contributed by atoms with Crippen LogP contribution in [0.4, 0.5) is 8.78 Å². The van der Waals surface area contributed by atoms with Gasteiger partial charge >= 0.3 is 0 Å². The molecular formula is C14H13F2NO2S. The topological polar surface area (TPSA) is 49.3 Å². The largest absolute Gasteiger partial charge is 0.388 e. The van der Waals surface area contributed by atoms with Crippen molar-refractivity contribution in [2.45, 2.75) is 12.5 Å². The molecule has 0 bridgehead atoms. The van der Waals surface area contributed by atoms with E-state index in [9.17, 15) is 18.7 Å². The lowest BCUT2D eigenvalue weighted by Gasteiger charge is -2.10. The molecule has 0 aliphatic heterocycles. The first kappa shape index (κ1) is 14.6. The molecule has 1 heterocycles. The van der Waals surface area contributed by atoms with Crippen LogP contribution in [0.3, 0.4) is 0 Å². The second kappa shape index (κ2) is 6.58. The number of nitrogens with one attached hydrogen (secondary N) is 1. The second-order valence-electron chi connectivity index (χ2n) is 4.17. The third-order valence-corrected chi connectivity index (χ3v) is 3.74. The fourth-order valence-electron chi connectivity index (χ4n) is 1.75. The molecule has 1 amide bonds. The van der Waals surface area contributed by atoms with Crippen molar-refractivity contribution in [2.75, 3.05) is 6.54 Å². The predicted molar refractivity (Wildman–Crippen MR) is 72.6 cm³/mol. The Bertz CT molecular complexity index is 567. The molecule has 1 unspecified atom stereocenters. The number of carbonyl (C=O) groups is 1. The van der Waals surface area contributed by atoms with Gasteiger partial charge in [-0.25, -0.2) is 8.78 Å². The Hall–Kier alpha value is -1.79. The molecule has 0 aliphatic carbocycles. The molecular weight excluding hydrogens is 284 g/mol. The first-order valence-corrected chi connectivity index (χ1v) is 6.91. The molecule has 0 aliphatic rings. The van der Waals surface area contributed by atoms with Gasteiger partial charge in [0.15, 0.2) is 0 Å². The Kier molecular flexibility index (Phi) is 4.81. The van der Waals surface area contributed by atoms with Gasteiger partial charge in [0.1, 0.15) is 17.2 Å². The Morgan fingerprint density at radius 1 is 1.25 bits per heavy atom. The van der Waals surface area contributed by atoms with Gasteiger partial charge in [-0.1, -0.05) is 12.1 Å². The quantitative estimate of drug-likeness (QED) is 0.891. The van der Waals surface area contributed by atoms with Crippen LogP contribution < -0.4 is 5.32 Å². The summed E-state index contributed by atoms with van der Waals surface area (Å²) in [6.07, 6.45) is -0.414. The lowest BCUT2D eigenvalue weighted by Crippen LogP contribution is -2.27. The molecule has 1 aromatic heterocycles. The zero-order valence-corrected chi connectivity index (χ0v) is 11.3. The third kappa shape index (κ3) is 3.40. The number of hydrogen-bond acceptors (Lipinski definition) is 3. The predicted octanol–water partition coefficient (Wildman–Crippen LogP) is 2.88. The number of rotatable bonds is 5. The van der Waals surface area contributed by atoms with Gasteiger partial charge in [-0.15, -0.1) is 11.3 Å². The number of aliphatic hydroxyl groups is 1. The summed E-state index contributed by atoms with van der Waals surface area (Å²) < 4.78 is 26.7. The van der Waals surface area contributed by atoms with E-state index in [1.807, 2.05) is 11.4 Å². The van der Waals surface area contributed by atoms with Crippen LogP contribution in [0.15, 0.2) is 35.7 Å². The summed E-state index contributed by atoms with van der Waals surface area (Å²) >= 11 is 1.41. The normalized spacial score (nSPS) is 12.2. The molecule has 0 saturated carbocycles. The van der Waals surface area contributed by atoms with E-state index in [0.29, 0.717) is 0 Å². The van der Waals surface area contributed by atoms with Gasteiger partial charge in [-0.2, -0.15) is 0 Å². The molecule has 3 nitrogen and oxygen atoms in total. The highest BCUT2D eigenvalue weighted by molar-refractivity contribution is 7.10. The van der Waals surface area contributed by atoms with Crippen molar-refractivity contribution in [2.24, 2.45) is 0 Å². The number of halogens is 2. The van der Waals surface area contributed by atoms with Gasteiger partial charge in [0, 0.05) is 11.4 Å². The SMILES string of the molecule is O=C(NCCC(O)c1cccs1)c1c(F)cccc1F. The smallest absolute Gasteiger partial charge is 0.257 e. The van der Waals surface area contributed by atoms with Crippen LogP contribution in [0.25, 0.3) is 0 Å².